The number of nitrogens with zero attached hydrogens (tertiary/aromatic N) is 3. The van der Waals surface area contributed by atoms with Crippen LogP contribution in [0.25, 0.3) is 0 Å². The first-order chi connectivity index (χ1) is 10.7. The molecule has 0 unspecified atom stereocenters. The molecule has 122 valence electrons. The molecule has 1 aromatic carbocycles. The molecule has 0 heterocycles. The second-order valence-electron chi connectivity index (χ2n) is 6.41. The number of nitro benzene ring substituents is 2. The number of non-ortho nitro benzene ring substituents is 1. The lowest BCUT2D eigenvalue weighted by molar-refractivity contribution is -0.393. The lowest BCUT2D eigenvalue weighted by atomic mass is 9.89. The number of allylic oxidation sites excluding steroid dienone is 2. The van der Waals surface area contributed by atoms with E-state index >= 15 is 0 Å². The third-order valence-corrected chi connectivity index (χ3v) is 3.76. The second kappa shape index (κ2) is 6.15. The lowest BCUT2D eigenvalue weighted by Crippen LogP contribution is -2.05. The maximum absolute atomic E-state index is 11.0. The molecule has 0 bridgehead atoms. The highest BCUT2D eigenvalue weighted by Gasteiger charge is 2.27. The smallest absolute Gasteiger partial charge is 0.272 e. The maximum atomic E-state index is 11.0. The predicted molar refractivity (Wildman–Crippen MR) is 87.6 cm³/mol. The molecule has 8 nitrogen and oxygen atoms in total. The van der Waals surface area contributed by atoms with E-state index in [9.17, 15) is 20.2 Å². The van der Waals surface area contributed by atoms with Crippen LogP contribution in [0.3, 0.4) is 0 Å². The fraction of sp³-hybridized carbons (Fsp3) is 0.400. The van der Waals surface area contributed by atoms with Gasteiger partial charge in [0.15, 0.2) is 0 Å². The van der Waals surface area contributed by atoms with Crippen molar-refractivity contribution in [3.8, 4) is 0 Å². The van der Waals surface area contributed by atoms with Crippen molar-refractivity contribution in [2.24, 2.45) is 10.5 Å². The number of rotatable bonds is 5. The van der Waals surface area contributed by atoms with Gasteiger partial charge in [-0.15, -0.1) is 0 Å². The summed E-state index contributed by atoms with van der Waals surface area (Å²) in [5.74, 6) is 0. The summed E-state index contributed by atoms with van der Waals surface area (Å²) in [6.45, 7) is 6.39. The summed E-state index contributed by atoms with van der Waals surface area (Å²) in [5.41, 5.74) is 4.56. The Labute approximate surface area is 133 Å². The quantitative estimate of drug-likeness (QED) is 0.500. The van der Waals surface area contributed by atoms with Crippen molar-refractivity contribution in [3.05, 3.63) is 49.6 Å². The molecule has 0 saturated heterocycles. The minimum atomic E-state index is -0.673. The van der Waals surface area contributed by atoms with Gasteiger partial charge in [-0.2, -0.15) is 5.10 Å². The maximum Gasteiger partial charge on any atom is 0.301 e. The molecule has 1 aliphatic carbocycles. The number of hydrazone groups is 1. The Hall–Kier alpha value is -2.77. The molecule has 0 saturated carbocycles. The van der Waals surface area contributed by atoms with E-state index in [1.807, 2.05) is 6.92 Å². The Kier molecular flexibility index (Phi) is 4.44. The van der Waals surface area contributed by atoms with E-state index < -0.39 is 9.85 Å². The molecule has 0 aliphatic heterocycles. The molecule has 0 radical (unpaired) electrons. The standard InChI is InChI=1S/C15H18N4O4/c1-10-7-15(2,3)8-11(10)9-16-17-13-5-4-12(18(20)21)6-14(13)19(22)23/h4-6,9,17H,7-8H2,1-3H3/b16-9+. The molecule has 0 amide bonds. The molecule has 0 spiro atoms. The van der Waals surface area contributed by atoms with Crippen molar-refractivity contribution in [1.29, 1.82) is 0 Å². The average molecular weight is 318 g/mol. The van der Waals surface area contributed by atoms with Gasteiger partial charge in [0.25, 0.3) is 5.69 Å². The topological polar surface area (TPSA) is 111 Å². The van der Waals surface area contributed by atoms with E-state index in [2.05, 4.69) is 24.4 Å². The zero-order valence-electron chi connectivity index (χ0n) is 13.2. The molecule has 1 aliphatic rings. The highest BCUT2D eigenvalue weighted by molar-refractivity contribution is 5.81. The first-order valence-electron chi connectivity index (χ1n) is 7.10. The Morgan fingerprint density at radius 2 is 1.91 bits per heavy atom. The van der Waals surface area contributed by atoms with Crippen LogP contribution in [0.2, 0.25) is 0 Å². The molecule has 0 fully saturated rings. The van der Waals surface area contributed by atoms with Crippen molar-refractivity contribution in [2.45, 2.75) is 33.6 Å². The third-order valence-electron chi connectivity index (χ3n) is 3.76. The SMILES string of the molecule is CC1=C(/C=N/Nc2ccc([N+](=O)[O-])cc2[N+](=O)[O-])CC(C)(C)C1. The van der Waals surface area contributed by atoms with Crippen LogP contribution in [0.15, 0.2) is 34.4 Å². The van der Waals surface area contributed by atoms with Crippen molar-refractivity contribution in [2.75, 3.05) is 5.43 Å². The van der Waals surface area contributed by atoms with Gasteiger partial charge in [-0.3, -0.25) is 25.7 Å². The Morgan fingerprint density at radius 1 is 1.22 bits per heavy atom. The van der Waals surface area contributed by atoms with Gasteiger partial charge in [0.1, 0.15) is 5.69 Å². The third kappa shape index (κ3) is 3.91. The highest BCUT2D eigenvalue weighted by Crippen LogP contribution is 2.40. The van der Waals surface area contributed by atoms with Crippen LogP contribution in [0, 0.1) is 25.6 Å². The van der Waals surface area contributed by atoms with E-state index in [0.29, 0.717) is 0 Å². The summed E-state index contributed by atoms with van der Waals surface area (Å²) < 4.78 is 0. The van der Waals surface area contributed by atoms with Crippen molar-refractivity contribution < 1.29 is 9.85 Å². The summed E-state index contributed by atoms with van der Waals surface area (Å²) in [6.07, 6.45) is 3.55. The number of nitrogens with one attached hydrogen (secondary N) is 1. The van der Waals surface area contributed by atoms with E-state index in [0.717, 1.165) is 24.5 Å². The zero-order chi connectivity index (χ0) is 17.2. The molecular weight excluding hydrogens is 300 g/mol. The van der Waals surface area contributed by atoms with Gasteiger partial charge < -0.3 is 0 Å². The summed E-state index contributed by atoms with van der Waals surface area (Å²) in [5, 5.41) is 25.8. The number of nitro groups is 2. The number of hydrogen-bond donors (Lipinski definition) is 1. The molecule has 2 rings (SSSR count). The first-order valence-corrected chi connectivity index (χ1v) is 7.10. The second-order valence-corrected chi connectivity index (χ2v) is 6.41. The Bertz CT molecular complexity index is 722. The van der Waals surface area contributed by atoms with E-state index in [-0.39, 0.29) is 22.5 Å². The van der Waals surface area contributed by atoms with Gasteiger partial charge in [-0.1, -0.05) is 19.4 Å². The van der Waals surface area contributed by atoms with Crippen molar-refractivity contribution in [3.63, 3.8) is 0 Å². The normalized spacial score (nSPS) is 16.8. The molecule has 8 heteroatoms. The van der Waals surface area contributed by atoms with Gasteiger partial charge in [-0.05, 0) is 36.8 Å². The minimum Gasteiger partial charge on any atom is -0.272 e. The molecular formula is C15H18N4O4. The molecule has 23 heavy (non-hydrogen) atoms. The van der Waals surface area contributed by atoms with Crippen LogP contribution < -0.4 is 5.43 Å². The van der Waals surface area contributed by atoms with Gasteiger partial charge in [0.05, 0.1) is 22.1 Å². The number of anilines is 1. The predicted octanol–water partition coefficient (Wildman–Crippen LogP) is 4.04. The fourth-order valence-electron chi connectivity index (χ4n) is 2.78. The number of benzene rings is 1. The largest absolute Gasteiger partial charge is 0.301 e. The van der Waals surface area contributed by atoms with Gasteiger partial charge in [-0.25, -0.2) is 0 Å². The minimum absolute atomic E-state index is 0.118. The summed E-state index contributed by atoms with van der Waals surface area (Å²) in [6, 6.07) is 3.41. The van der Waals surface area contributed by atoms with Crippen molar-refractivity contribution >= 4 is 23.3 Å². The van der Waals surface area contributed by atoms with Gasteiger partial charge in [0, 0.05) is 6.07 Å². The van der Waals surface area contributed by atoms with Crippen molar-refractivity contribution in [1.82, 2.24) is 0 Å². The first kappa shape index (κ1) is 16.6. The number of hydrogen-bond acceptors (Lipinski definition) is 6. The van der Waals surface area contributed by atoms with Crippen LogP contribution >= 0.6 is 0 Å². The van der Waals surface area contributed by atoms with E-state index in [4.69, 9.17) is 0 Å². The monoisotopic (exact) mass is 318 g/mol. The summed E-state index contributed by atoms with van der Waals surface area (Å²) in [4.78, 5) is 20.4. The van der Waals surface area contributed by atoms with Gasteiger partial charge >= 0.3 is 5.69 Å². The molecule has 0 atom stereocenters. The Balaban J connectivity index is 2.18. The van der Waals surface area contributed by atoms with Crippen LogP contribution in [0.4, 0.5) is 17.1 Å². The average Bonchev–Trinajstić information content (AvgIpc) is 2.71. The van der Waals surface area contributed by atoms with Crippen LogP contribution in [-0.4, -0.2) is 16.1 Å². The van der Waals surface area contributed by atoms with Gasteiger partial charge in [0.2, 0.25) is 0 Å². The molecule has 0 aromatic heterocycles. The molecule has 1 aromatic rings. The van der Waals surface area contributed by atoms with Crippen LogP contribution in [-0.2, 0) is 0 Å². The zero-order valence-corrected chi connectivity index (χ0v) is 13.2. The summed E-state index contributed by atoms with van der Waals surface area (Å²) >= 11 is 0. The fourth-order valence-corrected chi connectivity index (χ4v) is 2.78. The summed E-state index contributed by atoms with van der Waals surface area (Å²) in [7, 11) is 0. The van der Waals surface area contributed by atoms with Crippen LogP contribution in [0.1, 0.15) is 33.6 Å². The lowest BCUT2D eigenvalue weighted by Gasteiger charge is -2.16. The highest BCUT2D eigenvalue weighted by atomic mass is 16.6. The molecule has 1 N–H and O–H groups in total. The van der Waals surface area contributed by atoms with E-state index in [1.165, 1.54) is 17.7 Å². The Morgan fingerprint density at radius 3 is 2.43 bits per heavy atom. The van der Waals surface area contributed by atoms with Crippen LogP contribution in [0.5, 0.6) is 0 Å². The van der Waals surface area contributed by atoms with E-state index in [1.54, 1.807) is 6.21 Å².